The fourth-order valence-corrected chi connectivity index (χ4v) is 2.81. The van der Waals surface area contributed by atoms with E-state index in [1.165, 1.54) is 31.7 Å². The molecule has 0 unspecified atom stereocenters. The van der Waals surface area contributed by atoms with Gasteiger partial charge >= 0.3 is 0 Å². The Bertz CT molecular complexity index is 374. The molecule has 1 fully saturated rings. The number of aliphatic hydroxyl groups is 1. The highest BCUT2D eigenvalue weighted by Crippen LogP contribution is 2.31. The smallest absolute Gasteiger partial charge is 0.130 e. The van der Waals surface area contributed by atoms with Crippen molar-refractivity contribution in [3.05, 3.63) is 29.6 Å². The van der Waals surface area contributed by atoms with Crippen LogP contribution in [0.5, 0.6) is 0 Å². The second-order valence-corrected chi connectivity index (χ2v) is 4.62. The third-order valence-electron chi connectivity index (χ3n) is 3.67. The molecule has 0 aliphatic heterocycles. The molecule has 94 valence electrons. The minimum absolute atomic E-state index is 0.231. The first-order chi connectivity index (χ1) is 8.27. The van der Waals surface area contributed by atoms with Crippen molar-refractivity contribution in [2.75, 3.05) is 11.4 Å². The Morgan fingerprint density at radius 1 is 1.35 bits per heavy atom. The van der Waals surface area contributed by atoms with Crippen LogP contribution in [-0.4, -0.2) is 17.7 Å². The van der Waals surface area contributed by atoms with E-state index in [4.69, 9.17) is 0 Å². The molecule has 0 bridgehead atoms. The van der Waals surface area contributed by atoms with Gasteiger partial charge in [-0.05, 0) is 31.9 Å². The number of aliphatic hydroxyl groups excluding tert-OH is 1. The summed E-state index contributed by atoms with van der Waals surface area (Å²) < 4.78 is 13.6. The molecule has 1 aliphatic carbocycles. The lowest BCUT2D eigenvalue weighted by Crippen LogP contribution is -2.33. The van der Waals surface area contributed by atoms with Crippen LogP contribution in [0.25, 0.3) is 0 Å². The standard InChI is InChI=1S/C14H20FNO/c1-2-16(11-6-3-4-7-11)14-9-5-8-13(15)12(14)10-17/h5,8-9,11,17H,2-4,6-7,10H2,1H3. The number of halogens is 1. The molecule has 1 aromatic carbocycles. The van der Waals surface area contributed by atoms with E-state index in [1.54, 1.807) is 6.07 Å². The zero-order valence-electron chi connectivity index (χ0n) is 10.3. The van der Waals surface area contributed by atoms with Crippen LogP contribution in [0.3, 0.4) is 0 Å². The quantitative estimate of drug-likeness (QED) is 0.870. The highest BCUT2D eigenvalue weighted by atomic mass is 19.1. The average Bonchev–Trinajstić information content (AvgIpc) is 2.84. The van der Waals surface area contributed by atoms with E-state index in [-0.39, 0.29) is 12.4 Å². The van der Waals surface area contributed by atoms with E-state index in [9.17, 15) is 9.50 Å². The van der Waals surface area contributed by atoms with E-state index in [0.29, 0.717) is 11.6 Å². The molecular weight excluding hydrogens is 217 g/mol. The lowest BCUT2D eigenvalue weighted by Gasteiger charge is -2.31. The Morgan fingerprint density at radius 3 is 2.65 bits per heavy atom. The van der Waals surface area contributed by atoms with Crippen LogP contribution in [0, 0.1) is 5.82 Å². The maximum absolute atomic E-state index is 13.6. The third kappa shape index (κ3) is 2.44. The van der Waals surface area contributed by atoms with Crippen molar-refractivity contribution in [3.8, 4) is 0 Å². The topological polar surface area (TPSA) is 23.5 Å². The van der Waals surface area contributed by atoms with E-state index in [2.05, 4.69) is 11.8 Å². The van der Waals surface area contributed by atoms with Crippen LogP contribution in [0.4, 0.5) is 10.1 Å². The average molecular weight is 237 g/mol. The van der Waals surface area contributed by atoms with Crippen LogP contribution < -0.4 is 4.90 Å². The summed E-state index contributed by atoms with van der Waals surface area (Å²) in [5.74, 6) is -0.304. The Hall–Kier alpha value is -1.09. The van der Waals surface area contributed by atoms with Gasteiger partial charge in [0.1, 0.15) is 5.82 Å². The van der Waals surface area contributed by atoms with Gasteiger partial charge in [0.2, 0.25) is 0 Å². The monoisotopic (exact) mass is 237 g/mol. The molecule has 2 nitrogen and oxygen atoms in total. The molecule has 0 amide bonds. The first kappa shape index (κ1) is 12.4. The number of benzene rings is 1. The van der Waals surface area contributed by atoms with Gasteiger partial charge in [-0.3, -0.25) is 0 Å². The number of hydrogen-bond donors (Lipinski definition) is 1. The minimum Gasteiger partial charge on any atom is -0.391 e. The molecule has 0 radical (unpaired) electrons. The molecule has 1 saturated carbocycles. The zero-order chi connectivity index (χ0) is 12.3. The first-order valence-electron chi connectivity index (χ1n) is 6.42. The Balaban J connectivity index is 2.32. The van der Waals surface area contributed by atoms with E-state index in [1.807, 2.05) is 6.07 Å². The summed E-state index contributed by atoms with van der Waals surface area (Å²) in [6.07, 6.45) is 4.86. The van der Waals surface area contributed by atoms with Gasteiger partial charge in [0, 0.05) is 23.8 Å². The molecule has 1 aromatic rings. The second-order valence-electron chi connectivity index (χ2n) is 4.62. The van der Waals surface area contributed by atoms with E-state index < -0.39 is 0 Å². The molecule has 17 heavy (non-hydrogen) atoms. The molecule has 0 heterocycles. The Labute approximate surface area is 102 Å². The van der Waals surface area contributed by atoms with E-state index >= 15 is 0 Å². The maximum Gasteiger partial charge on any atom is 0.130 e. The fraction of sp³-hybridized carbons (Fsp3) is 0.571. The number of hydrogen-bond acceptors (Lipinski definition) is 2. The maximum atomic E-state index is 13.6. The minimum atomic E-state index is -0.304. The van der Waals surface area contributed by atoms with Crippen LogP contribution >= 0.6 is 0 Å². The fourth-order valence-electron chi connectivity index (χ4n) is 2.81. The van der Waals surface area contributed by atoms with Crippen molar-refractivity contribution in [3.63, 3.8) is 0 Å². The van der Waals surface area contributed by atoms with Crippen LogP contribution in [0.15, 0.2) is 18.2 Å². The Morgan fingerprint density at radius 2 is 2.06 bits per heavy atom. The number of anilines is 1. The molecule has 0 atom stereocenters. The van der Waals surface area contributed by atoms with Gasteiger partial charge in [-0.25, -0.2) is 4.39 Å². The van der Waals surface area contributed by atoms with Crippen molar-refractivity contribution in [2.24, 2.45) is 0 Å². The summed E-state index contributed by atoms with van der Waals surface area (Å²) in [5.41, 5.74) is 1.29. The molecule has 2 rings (SSSR count). The predicted octanol–water partition coefficient (Wildman–Crippen LogP) is 3.09. The van der Waals surface area contributed by atoms with Crippen molar-refractivity contribution in [1.82, 2.24) is 0 Å². The number of nitrogens with zero attached hydrogens (tertiary/aromatic N) is 1. The van der Waals surface area contributed by atoms with Gasteiger partial charge in [-0.2, -0.15) is 0 Å². The lowest BCUT2D eigenvalue weighted by molar-refractivity contribution is 0.275. The summed E-state index contributed by atoms with van der Waals surface area (Å²) in [4.78, 5) is 2.24. The second kappa shape index (κ2) is 5.50. The molecule has 3 heteroatoms. The molecule has 1 aliphatic rings. The van der Waals surface area contributed by atoms with Gasteiger partial charge < -0.3 is 10.0 Å². The SMILES string of the molecule is CCN(c1cccc(F)c1CO)C1CCCC1. The summed E-state index contributed by atoms with van der Waals surface area (Å²) in [6, 6.07) is 5.56. The van der Waals surface area contributed by atoms with Crippen LogP contribution in [0.2, 0.25) is 0 Å². The first-order valence-corrected chi connectivity index (χ1v) is 6.42. The van der Waals surface area contributed by atoms with Crippen LogP contribution in [-0.2, 0) is 6.61 Å². The highest BCUT2D eigenvalue weighted by molar-refractivity contribution is 5.54. The van der Waals surface area contributed by atoms with Crippen molar-refractivity contribution in [1.29, 1.82) is 0 Å². The summed E-state index contributed by atoms with van der Waals surface area (Å²) >= 11 is 0. The number of rotatable bonds is 4. The third-order valence-corrected chi connectivity index (χ3v) is 3.67. The van der Waals surface area contributed by atoms with Crippen LogP contribution in [0.1, 0.15) is 38.2 Å². The molecule has 0 saturated heterocycles. The van der Waals surface area contributed by atoms with Gasteiger partial charge in [0.05, 0.1) is 6.61 Å². The van der Waals surface area contributed by atoms with E-state index in [0.717, 1.165) is 12.2 Å². The predicted molar refractivity (Wildman–Crippen MR) is 67.6 cm³/mol. The van der Waals surface area contributed by atoms with Gasteiger partial charge in [0.15, 0.2) is 0 Å². The lowest BCUT2D eigenvalue weighted by atomic mass is 10.1. The Kier molecular flexibility index (Phi) is 4.00. The van der Waals surface area contributed by atoms with Crippen molar-refractivity contribution in [2.45, 2.75) is 45.3 Å². The van der Waals surface area contributed by atoms with Gasteiger partial charge in [-0.1, -0.05) is 18.9 Å². The molecular formula is C14H20FNO. The summed E-state index contributed by atoms with van der Waals surface area (Å²) in [5, 5.41) is 9.32. The van der Waals surface area contributed by atoms with Gasteiger partial charge in [0.25, 0.3) is 0 Å². The highest BCUT2D eigenvalue weighted by Gasteiger charge is 2.24. The van der Waals surface area contributed by atoms with Gasteiger partial charge in [-0.15, -0.1) is 0 Å². The molecule has 1 N–H and O–H groups in total. The summed E-state index contributed by atoms with van der Waals surface area (Å²) in [7, 11) is 0. The largest absolute Gasteiger partial charge is 0.391 e. The molecule has 0 spiro atoms. The van der Waals surface area contributed by atoms with Crippen molar-refractivity contribution >= 4 is 5.69 Å². The van der Waals surface area contributed by atoms with Crippen molar-refractivity contribution < 1.29 is 9.50 Å². The zero-order valence-corrected chi connectivity index (χ0v) is 10.3. The molecule has 0 aromatic heterocycles. The summed E-state index contributed by atoms with van der Waals surface area (Å²) in [6.45, 7) is 2.72. The normalized spacial score (nSPS) is 16.4.